The molecule has 0 amide bonds. The highest BCUT2D eigenvalue weighted by Crippen LogP contribution is 2.26. The van der Waals surface area contributed by atoms with Crippen molar-refractivity contribution in [3.8, 4) is 5.75 Å². The SMILES string of the molecule is COc1cccc(Cl)c1CNC1CCN(C)C(C)C1. The second-order valence-electron chi connectivity index (χ2n) is 5.35. The van der Waals surface area contributed by atoms with E-state index in [1.165, 1.54) is 12.8 Å². The van der Waals surface area contributed by atoms with Gasteiger partial charge in [0.05, 0.1) is 7.11 Å². The van der Waals surface area contributed by atoms with E-state index in [1.807, 2.05) is 18.2 Å². The molecular formula is C15H23ClN2O. The third-order valence-corrected chi connectivity index (χ3v) is 4.43. The van der Waals surface area contributed by atoms with Gasteiger partial charge in [-0.05, 0) is 45.5 Å². The maximum Gasteiger partial charge on any atom is 0.124 e. The van der Waals surface area contributed by atoms with E-state index in [1.54, 1.807) is 7.11 Å². The normalized spacial score (nSPS) is 24.4. The Morgan fingerprint density at radius 1 is 1.47 bits per heavy atom. The number of hydrogen-bond donors (Lipinski definition) is 1. The lowest BCUT2D eigenvalue weighted by Crippen LogP contribution is -2.45. The molecule has 1 heterocycles. The van der Waals surface area contributed by atoms with Crippen molar-refractivity contribution in [1.29, 1.82) is 0 Å². The molecule has 0 saturated carbocycles. The molecule has 0 radical (unpaired) electrons. The largest absolute Gasteiger partial charge is 0.496 e. The van der Waals surface area contributed by atoms with Gasteiger partial charge in [0.15, 0.2) is 0 Å². The van der Waals surface area contributed by atoms with Crippen LogP contribution in [0.4, 0.5) is 0 Å². The van der Waals surface area contributed by atoms with Crippen molar-refractivity contribution in [3.05, 3.63) is 28.8 Å². The summed E-state index contributed by atoms with van der Waals surface area (Å²) in [6, 6.07) is 6.99. The number of piperidine rings is 1. The van der Waals surface area contributed by atoms with Crippen molar-refractivity contribution in [2.45, 2.75) is 38.4 Å². The zero-order valence-corrected chi connectivity index (χ0v) is 12.7. The smallest absolute Gasteiger partial charge is 0.124 e. The molecule has 1 fully saturated rings. The number of methoxy groups -OCH3 is 1. The van der Waals surface area contributed by atoms with Crippen molar-refractivity contribution in [2.24, 2.45) is 0 Å². The topological polar surface area (TPSA) is 24.5 Å². The first-order chi connectivity index (χ1) is 9.11. The molecule has 0 aliphatic carbocycles. The molecule has 2 unspecified atom stereocenters. The fourth-order valence-electron chi connectivity index (χ4n) is 2.62. The van der Waals surface area contributed by atoms with Gasteiger partial charge in [-0.3, -0.25) is 0 Å². The van der Waals surface area contributed by atoms with Gasteiger partial charge in [-0.1, -0.05) is 17.7 Å². The predicted molar refractivity (Wildman–Crippen MR) is 80.0 cm³/mol. The molecule has 4 heteroatoms. The molecule has 1 N–H and O–H groups in total. The monoisotopic (exact) mass is 282 g/mol. The summed E-state index contributed by atoms with van der Waals surface area (Å²) in [4.78, 5) is 2.41. The lowest BCUT2D eigenvalue weighted by atomic mass is 9.98. The molecule has 1 aliphatic rings. The minimum atomic E-state index is 0.562. The Hall–Kier alpha value is -0.770. The molecule has 2 atom stereocenters. The van der Waals surface area contributed by atoms with Crippen molar-refractivity contribution in [2.75, 3.05) is 20.7 Å². The van der Waals surface area contributed by atoms with E-state index in [4.69, 9.17) is 16.3 Å². The average Bonchev–Trinajstić information content (AvgIpc) is 2.41. The summed E-state index contributed by atoms with van der Waals surface area (Å²) >= 11 is 6.25. The summed E-state index contributed by atoms with van der Waals surface area (Å²) in [5.74, 6) is 0.862. The zero-order valence-electron chi connectivity index (χ0n) is 11.9. The number of ether oxygens (including phenoxy) is 1. The number of nitrogens with one attached hydrogen (secondary N) is 1. The highest BCUT2D eigenvalue weighted by molar-refractivity contribution is 6.31. The van der Waals surface area contributed by atoms with Crippen LogP contribution in [0.15, 0.2) is 18.2 Å². The Bertz CT molecular complexity index is 425. The van der Waals surface area contributed by atoms with E-state index < -0.39 is 0 Å². The Balaban J connectivity index is 1.96. The molecule has 19 heavy (non-hydrogen) atoms. The summed E-state index contributed by atoms with van der Waals surface area (Å²) in [6.45, 7) is 4.20. The number of nitrogens with zero attached hydrogens (tertiary/aromatic N) is 1. The molecule has 0 aromatic heterocycles. The first-order valence-corrected chi connectivity index (χ1v) is 7.24. The van der Waals surface area contributed by atoms with E-state index in [0.29, 0.717) is 12.1 Å². The molecule has 1 aliphatic heterocycles. The first kappa shape index (κ1) is 14.6. The van der Waals surface area contributed by atoms with Crippen molar-refractivity contribution in [1.82, 2.24) is 10.2 Å². The Morgan fingerprint density at radius 2 is 2.26 bits per heavy atom. The van der Waals surface area contributed by atoms with Gasteiger partial charge in [-0.2, -0.15) is 0 Å². The van der Waals surface area contributed by atoms with Crippen LogP contribution < -0.4 is 10.1 Å². The molecule has 1 aromatic carbocycles. The lowest BCUT2D eigenvalue weighted by Gasteiger charge is -2.35. The standard InChI is InChI=1S/C15H23ClN2O/c1-11-9-12(7-8-18(11)2)17-10-13-14(16)5-4-6-15(13)19-3/h4-6,11-12,17H,7-10H2,1-3H3. The van der Waals surface area contributed by atoms with Gasteiger partial charge in [-0.15, -0.1) is 0 Å². The summed E-state index contributed by atoms with van der Waals surface area (Å²) in [7, 11) is 3.88. The Morgan fingerprint density at radius 3 is 2.95 bits per heavy atom. The molecule has 3 nitrogen and oxygen atoms in total. The Labute approximate surface area is 120 Å². The van der Waals surface area contributed by atoms with Crippen molar-refractivity contribution in [3.63, 3.8) is 0 Å². The summed E-state index contributed by atoms with van der Waals surface area (Å²) in [5.41, 5.74) is 1.05. The van der Waals surface area contributed by atoms with Crippen LogP contribution >= 0.6 is 11.6 Å². The minimum Gasteiger partial charge on any atom is -0.496 e. The van der Waals surface area contributed by atoms with Gasteiger partial charge in [0.25, 0.3) is 0 Å². The second kappa shape index (κ2) is 6.60. The van der Waals surface area contributed by atoms with Crippen LogP contribution in [-0.4, -0.2) is 37.7 Å². The van der Waals surface area contributed by atoms with Crippen molar-refractivity contribution >= 4 is 11.6 Å². The molecular weight excluding hydrogens is 260 g/mol. The number of benzene rings is 1. The predicted octanol–water partition coefficient (Wildman–Crippen LogP) is 2.92. The third kappa shape index (κ3) is 3.62. The fraction of sp³-hybridized carbons (Fsp3) is 0.600. The van der Waals surface area contributed by atoms with E-state index in [-0.39, 0.29) is 0 Å². The molecule has 1 saturated heterocycles. The number of hydrogen-bond acceptors (Lipinski definition) is 3. The molecule has 2 rings (SSSR count). The summed E-state index contributed by atoms with van der Waals surface area (Å²) < 4.78 is 5.37. The Kier molecular flexibility index (Phi) is 5.08. The number of likely N-dealkylation sites (tertiary alicyclic amines) is 1. The van der Waals surface area contributed by atoms with Gasteiger partial charge in [0.1, 0.15) is 5.75 Å². The molecule has 0 bridgehead atoms. The van der Waals surface area contributed by atoms with E-state index in [2.05, 4.69) is 24.2 Å². The molecule has 1 aromatic rings. The van der Waals surface area contributed by atoms with Crippen LogP contribution in [0.3, 0.4) is 0 Å². The number of rotatable bonds is 4. The van der Waals surface area contributed by atoms with Crippen molar-refractivity contribution < 1.29 is 4.74 Å². The quantitative estimate of drug-likeness (QED) is 0.919. The first-order valence-electron chi connectivity index (χ1n) is 6.86. The second-order valence-corrected chi connectivity index (χ2v) is 5.76. The van der Waals surface area contributed by atoms with Gasteiger partial charge >= 0.3 is 0 Å². The molecule has 106 valence electrons. The van der Waals surface area contributed by atoms with Crippen LogP contribution in [0.1, 0.15) is 25.3 Å². The van der Waals surface area contributed by atoms with Gasteiger partial charge in [-0.25, -0.2) is 0 Å². The van der Waals surface area contributed by atoms with Gasteiger partial charge in [0, 0.05) is 29.2 Å². The van der Waals surface area contributed by atoms with Crippen LogP contribution in [0, 0.1) is 0 Å². The highest BCUT2D eigenvalue weighted by Gasteiger charge is 2.22. The average molecular weight is 283 g/mol. The van der Waals surface area contributed by atoms with Gasteiger partial charge in [0.2, 0.25) is 0 Å². The lowest BCUT2D eigenvalue weighted by molar-refractivity contribution is 0.168. The van der Waals surface area contributed by atoms with Crippen LogP contribution in [0.5, 0.6) is 5.75 Å². The van der Waals surface area contributed by atoms with Crippen LogP contribution in [-0.2, 0) is 6.54 Å². The maximum absolute atomic E-state index is 6.25. The van der Waals surface area contributed by atoms with Crippen LogP contribution in [0.25, 0.3) is 0 Å². The van der Waals surface area contributed by atoms with Crippen LogP contribution in [0.2, 0.25) is 5.02 Å². The summed E-state index contributed by atoms with van der Waals surface area (Å²) in [5, 5.41) is 4.38. The third-order valence-electron chi connectivity index (χ3n) is 4.07. The van der Waals surface area contributed by atoms with Gasteiger partial charge < -0.3 is 15.0 Å². The maximum atomic E-state index is 6.25. The molecule has 0 spiro atoms. The van der Waals surface area contributed by atoms with E-state index in [9.17, 15) is 0 Å². The fourth-order valence-corrected chi connectivity index (χ4v) is 2.86. The minimum absolute atomic E-state index is 0.562. The van der Waals surface area contributed by atoms with E-state index in [0.717, 1.165) is 29.4 Å². The number of halogens is 1. The van der Waals surface area contributed by atoms with E-state index >= 15 is 0 Å². The summed E-state index contributed by atoms with van der Waals surface area (Å²) in [6.07, 6.45) is 2.37. The highest BCUT2D eigenvalue weighted by atomic mass is 35.5. The zero-order chi connectivity index (χ0) is 13.8.